The van der Waals surface area contributed by atoms with Crippen LogP contribution >= 0.6 is 0 Å². The van der Waals surface area contributed by atoms with Crippen LogP contribution in [0.3, 0.4) is 0 Å². The van der Waals surface area contributed by atoms with Gasteiger partial charge in [-0.3, -0.25) is 0 Å². The predicted octanol–water partition coefficient (Wildman–Crippen LogP) is 5.09. The standard InChI is InChI=1S/C19H21FO2/c1-3-4-5-6-15-8-10-16(11-9-15)19(21)22-17-12-7-14(2)18(20)13-17/h7-13H,3-6H2,1-2H3. The van der Waals surface area contributed by atoms with Crippen LogP contribution in [0.4, 0.5) is 4.39 Å². The van der Waals surface area contributed by atoms with Gasteiger partial charge in [0, 0.05) is 6.07 Å². The van der Waals surface area contributed by atoms with E-state index in [2.05, 4.69) is 6.92 Å². The minimum Gasteiger partial charge on any atom is -0.423 e. The summed E-state index contributed by atoms with van der Waals surface area (Å²) in [5, 5.41) is 0. The molecule has 2 aromatic carbocycles. The lowest BCUT2D eigenvalue weighted by Gasteiger charge is -2.06. The fourth-order valence-corrected chi connectivity index (χ4v) is 2.19. The maximum Gasteiger partial charge on any atom is 0.343 e. The van der Waals surface area contributed by atoms with Crippen molar-refractivity contribution < 1.29 is 13.9 Å². The molecule has 2 nitrogen and oxygen atoms in total. The van der Waals surface area contributed by atoms with Crippen molar-refractivity contribution in [2.75, 3.05) is 0 Å². The van der Waals surface area contributed by atoms with Crippen molar-refractivity contribution in [1.29, 1.82) is 0 Å². The van der Waals surface area contributed by atoms with Crippen molar-refractivity contribution in [2.24, 2.45) is 0 Å². The first-order valence-electron chi connectivity index (χ1n) is 7.67. The van der Waals surface area contributed by atoms with Crippen molar-refractivity contribution in [3.63, 3.8) is 0 Å². The molecule has 0 saturated carbocycles. The Bertz CT molecular complexity index is 632. The Morgan fingerprint density at radius 2 is 1.82 bits per heavy atom. The molecule has 0 spiro atoms. The lowest BCUT2D eigenvalue weighted by atomic mass is 10.1. The minimum atomic E-state index is -0.469. The predicted molar refractivity (Wildman–Crippen MR) is 85.8 cm³/mol. The number of benzene rings is 2. The van der Waals surface area contributed by atoms with E-state index in [9.17, 15) is 9.18 Å². The summed E-state index contributed by atoms with van der Waals surface area (Å²) >= 11 is 0. The van der Waals surface area contributed by atoms with Crippen LogP contribution in [0.2, 0.25) is 0 Å². The number of esters is 1. The van der Waals surface area contributed by atoms with Gasteiger partial charge >= 0.3 is 5.97 Å². The van der Waals surface area contributed by atoms with Crippen LogP contribution in [0.25, 0.3) is 0 Å². The Labute approximate surface area is 130 Å². The summed E-state index contributed by atoms with van der Waals surface area (Å²) < 4.78 is 18.6. The molecule has 2 rings (SSSR count). The lowest BCUT2D eigenvalue weighted by Crippen LogP contribution is -2.08. The molecule has 0 heterocycles. The van der Waals surface area contributed by atoms with E-state index in [1.54, 1.807) is 31.2 Å². The number of rotatable bonds is 6. The van der Waals surface area contributed by atoms with Crippen LogP contribution in [-0.2, 0) is 6.42 Å². The van der Waals surface area contributed by atoms with Crippen molar-refractivity contribution in [3.8, 4) is 5.75 Å². The highest BCUT2D eigenvalue weighted by molar-refractivity contribution is 5.91. The summed E-state index contributed by atoms with van der Waals surface area (Å²) in [4.78, 5) is 12.0. The molecule has 0 bridgehead atoms. The Morgan fingerprint density at radius 1 is 1.09 bits per heavy atom. The highest BCUT2D eigenvalue weighted by Gasteiger charge is 2.09. The average Bonchev–Trinajstić information content (AvgIpc) is 2.52. The van der Waals surface area contributed by atoms with Gasteiger partial charge in [0.1, 0.15) is 11.6 Å². The van der Waals surface area contributed by atoms with E-state index in [1.165, 1.54) is 24.5 Å². The van der Waals surface area contributed by atoms with E-state index < -0.39 is 5.97 Å². The number of halogens is 1. The quantitative estimate of drug-likeness (QED) is 0.422. The Hall–Kier alpha value is -2.16. The SMILES string of the molecule is CCCCCc1ccc(C(=O)Oc2ccc(C)c(F)c2)cc1. The molecule has 0 amide bonds. The van der Waals surface area contributed by atoms with Crippen molar-refractivity contribution in [3.05, 3.63) is 65.0 Å². The van der Waals surface area contributed by atoms with Crippen molar-refractivity contribution >= 4 is 5.97 Å². The summed E-state index contributed by atoms with van der Waals surface area (Å²) in [7, 11) is 0. The zero-order chi connectivity index (χ0) is 15.9. The Kier molecular flexibility index (Phi) is 5.70. The maximum absolute atomic E-state index is 13.4. The van der Waals surface area contributed by atoms with E-state index >= 15 is 0 Å². The molecule has 0 aliphatic heterocycles. The summed E-state index contributed by atoms with van der Waals surface area (Å²) in [5.41, 5.74) is 2.21. The largest absolute Gasteiger partial charge is 0.423 e. The third-order valence-corrected chi connectivity index (χ3v) is 3.61. The number of ether oxygens (including phenoxy) is 1. The van der Waals surface area contributed by atoms with E-state index in [-0.39, 0.29) is 11.6 Å². The molecule has 0 aromatic heterocycles. The van der Waals surface area contributed by atoms with Crippen LogP contribution in [-0.4, -0.2) is 5.97 Å². The molecule has 0 aliphatic rings. The molecule has 0 radical (unpaired) electrons. The van der Waals surface area contributed by atoms with Crippen LogP contribution in [0, 0.1) is 12.7 Å². The molecule has 0 unspecified atom stereocenters. The average molecular weight is 300 g/mol. The molecule has 3 heteroatoms. The number of hydrogen-bond acceptors (Lipinski definition) is 2. The van der Waals surface area contributed by atoms with Gasteiger partial charge in [-0.25, -0.2) is 9.18 Å². The number of carbonyl (C=O) groups is 1. The smallest absolute Gasteiger partial charge is 0.343 e. The lowest BCUT2D eigenvalue weighted by molar-refractivity contribution is 0.0734. The van der Waals surface area contributed by atoms with Crippen LogP contribution in [0.1, 0.15) is 47.7 Å². The fraction of sp³-hybridized carbons (Fsp3) is 0.316. The van der Waals surface area contributed by atoms with Gasteiger partial charge in [0.05, 0.1) is 5.56 Å². The van der Waals surface area contributed by atoms with Crippen molar-refractivity contribution in [2.45, 2.75) is 39.5 Å². The molecule has 116 valence electrons. The Morgan fingerprint density at radius 3 is 2.45 bits per heavy atom. The maximum atomic E-state index is 13.4. The first-order chi connectivity index (χ1) is 10.6. The van der Waals surface area contributed by atoms with Crippen LogP contribution in [0.15, 0.2) is 42.5 Å². The summed E-state index contributed by atoms with van der Waals surface area (Å²) in [5.74, 6) is -0.625. The van der Waals surface area contributed by atoms with Gasteiger partial charge in [-0.1, -0.05) is 38.0 Å². The molecule has 0 fully saturated rings. The third kappa shape index (κ3) is 4.42. The third-order valence-electron chi connectivity index (χ3n) is 3.61. The second-order valence-corrected chi connectivity index (χ2v) is 5.45. The summed E-state index contributed by atoms with van der Waals surface area (Å²) in [6, 6.07) is 11.8. The van der Waals surface area contributed by atoms with Crippen LogP contribution < -0.4 is 4.74 Å². The number of aryl methyl sites for hydroxylation is 2. The van der Waals surface area contributed by atoms with Gasteiger partial charge in [-0.05, 0) is 49.1 Å². The highest BCUT2D eigenvalue weighted by atomic mass is 19.1. The first kappa shape index (κ1) is 16.2. The zero-order valence-corrected chi connectivity index (χ0v) is 13.1. The normalized spacial score (nSPS) is 10.5. The van der Waals surface area contributed by atoms with E-state index in [1.807, 2.05) is 12.1 Å². The summed E-state index contributed by atoms with van der Waals surface area (Å²) in [6.45, 7) is 3.84. The second kappa shape index (κ2) is 7.74. The van der Waals surface area contributed by atoms with Crippen molar-refractivity contribution in [1.82, 2.24) is 0 Å². The fourth-order valence-electron chi connectivity index (χ4n) is 2.19. The number of hydrogen-bond donors (Lipinski definition) is 0. The van der Waals surface area contributed by atoms with Gasteiger partial charge in [-0.2, -0.15) is 0 Å². The van der Waals surface area contributed by atoms with Gasteiger partial charge in [0.25, 0.3) is 0 Å². The highest BCUT2D eigenvalue weighted by Crippen LogP contribution is 2.18. The zero-order valence-electron chi connectivity index (χ0n) is 13.1. The number of carbonyl (C=O) groups excluding carboxylic acids is 1. The first-order valence-corrected chi connectivity index (χ1v) is 7.67. The van der Waals surface area contributed by atoms with E-state index in [0.717, 1.165) is 12.8 Å². The van der Waals surface area contributed by atoms with Gasteiger partial charge in [0.15, 0.2) is 0 Å². The molecular formula is C19H21FO2. The van der Waals surface area contributed by atoms with Gasteiger partial charge in [-0.15, -0.1) is 0 Å². The molecule has 0 aliphatic carbocycles. The molecular weight excluding hydrogens is 279 g/mol. The van der Waals surface area contributed by atoms with Crippen LogP contribution in [0.5, 0.6) is 5.75 Å². The second-order valence-electron chi connectivity index (χ2n) is 5.45. The van der Waals surface area contributed by atoms with Gasteiger partial charge < -0.3 is 4.74 Å². The van der Waals surface area contributed by atoms with Gasteiger partial charge in [0.2, 0.25) is 0 Å². The summed E-state index contributed by atoms with van der Waals surface area (Å²) in [6.07, 6.45) is 4.58. The number of unbranched alkanes of at least 4 members (excludes halogenated alkanes) is 2. The monoisotopic (exact) mass is 300 g/mol. The Balaban J connectivity index is 1.98. The molecule has 2 aromatic rings. The molecule has 0 N–H and O–H groups in total. The molecule has 0 saturated heterocycles. The van der Waals surface area contributed by atoms with E-state index in [0.29, 0.717) is 11.1 Å². The molecule has 22 heavy (non-hydrogen) atoms. The topological polar surface area (TPSA) is 26.3 Å². The minimum absolute atomic E-state index is 0.222. The van der Waals surface area contributed by atoms with E-state index in [4.69, 9.17) is 4.74 Å². The molecule has 0 atom stereocenters.